The van der Waals surface area contributed by atoms with E-state index in [0.717, 1.165) is 34.0 Å². The number of hydrogen-bond donors (Lipinski definition) is 3. The minimum atomic E-state index is -0.193. The largest absolute Gasteiger partial charge is 0.359 e. The summed E-state index contributed by atoms with van der Waals surface area (Å²) in [6.45, 7) is 2.64. The van der Waals surface area contributed by atoms with Crippen molar-refractivity contribution in [3.8, 4) is 0 Å². The average Bonchev–Trinajstić information content (AvgIpc) is 3.23. The number of nitrogens with zero attached hydrogens (tertiary/aromatic N) is 2. The topological polar surface area (TPSA) is 71.5 Å². The van der Waals surface area contributed by atoms with Crippen LogP contribution in [0.2, 0.25) is 0 Å². The summed E-state index contributed by atoms with van der Waals surface area (Å²) in [5.41, 5.74) is 4.58. The number of hydrogen-bond acceptors (Lipinski definition) is 4. The third-order valence-electron chi connectivity index (χ3n) is 5.03. The van der Waals surface area contributed by atoms with Crippen LogP contribution >= 0.6 is 11.3 Å². The number of urea groups is 1. The van der Waals surface area contributed by atoms with E-state index >= 15 is 0 Å². The lowest BCUT2D eigenvalue weighted by Gasteiger charge is -2.30. The Morgan fingerprint density at radius 3 is 2.79 bits per heavy atom. The van der Waals surface area contributed by atoms with Crippen molar-refractivity contribution >= 4 is 45.3 Å². The highest BCUT2D eigenvalue weighted by Gasteiger charge is 2.23. The number of carbonyl (C=O) groups excluding carboxylic acids is 1. The van der Waals surface area contributed by atoms with E-state index < -0.39 is 0 Å². The lowest BCUT2D eigenvalue weighted by molar-refractivity contribution is 0.258. The molecular formula is C22H23N5OS. The molecule has 0 aliphatic carbocycles. The second-order valence-corrected chi connectivity index (χ2v) is 7.75. The van der Waals surface area contributed by atoms with Crippen LogP contribution in [0.25, 0.3) is 0 Å². The molecule has 0 saturated carbocycles. The van der Waals surface area contributed by atoms with Crippen molar-refractivity contribution in [3.63, 3.8) is 0 Å². The van der Waals surface area contributed by atoms with Gasteiger partial charge in [0.2, 0.25) is 0 Å². The normalized spacial score (nSPS) is 12.9. The summed E-state index contributed by atoms with van der Waals surface area (Å²) in [6, 6.07) is 17.3. The minimum Gasteiger partial charge on any atom is -0.359 e. The van der Waals surface area contributed by atoms with Gasteiger partial charge in [-0.2, -0.15) is 0 Å². The van der Waals surface area contributed by atoms with Gasteiger partial charge in [-0.15, -0.1) is 11.3 Å². The first-order valence-electron chi connectivity index (χ1n) is 9.48. The summed E-state index contributed by atoms with van der Waals surface area (Å²) in [5.74, 6) is 0.481. The van der Waals surface area contributed by atoms with E-state index in [1.54, 1.807) is 23.3 Å². The molecule has 0 fully saturated rings. The van der Waals surface area contributed by atoms with Gasteiger partial charge in [0.1, 0.15) is 10.8 Å². The number of aryl methyl sites for hydroxylation is 1. The maximum atomic E-state index is 12.6. The zero-order valence-corrected chi connectivity index (χ0v) is 17.2. The third-order valence-corrected chi connectivity index (χ3v) is 5.90. The van der Waals surface area contributed by atoms with E-state index in [4.69, 9.17) is 5.41 Å². The molecule has 2 amide bonds. The Kier molecular flexibility index (Phi) is 5.22. The van der Waals surface area contributed by atoms with Crippen LogP contribution in [0.1, 0.15) is 18.1 Å². The fourth-order valence-corrected chi connectivity index (χ4v) is 4.06. The highest BCUT2D eigenvalue weighted by molar-refractivity contribution is 7.14. The van der Waals surface area contributed by atoms with Gasteiger partial charge in [-0.25, -0.2) is 4.79 Å². The number of benzene rings is 2. The van der Waals surface area contributed by atoms with E-state index in [0.29, 0.717) is 12.5 Å². The van der Waals surface area contributed by atoms with E-state index in [9.17, 15) is 4.79 Å². The minimum absolute atomic E-state index is 0.193. The number of anilines is 4. The van der Waals surface area contributed by atoms with Crippen LogP contribution in [0, 0.1) is 5.41 Å². The van der Waals surface area contributed by atoms with Gasteiger partial charge in [0.05, 0.1) is 12.2 Å². The van der Waals surface area contributed by atoms with Crippen molar-refractivity contribution in [2.45, 2.75) is 13.3 Å². The number of nitrogens with one attached hydrogen (secondary N) is 3. The first kappa shape index (κ1) is 19.0. The van der Waals surface area contributed by atoms with Gasteiger partial charge < -0.3 is 15.5 Å². The predicted octanol–water partition coefficient (Wildman–Crippen LogP) is 5.19. The van der Waals surface area contributed by atoms with Crippen LogP contribution in [-0.4, -0.2) is 25.6 Å². The zero-order valence-electron chi connectivity index (χ0n) is 16.4. The van der Waals surface area contributed by atoms with Crippen molar-refractivity contribution in [1.29, 1.82) is 5.41 Å². The smallest absolute Gasteiger partial charge is 0.326 e. The van der Waals surface area contributed by atoms with Gasteiger partial charge in [0.15, 0.2) is 0 Å². The molecule has 1 aliphatic heterocycles. The molecule has 4 rings (SSSR count). The Balaban J connectivity index is 1.46. The number of amidine groups is 1. The van der Waals surface area contributed by atoms with Gasteiger partial charge >= 0.3 is 6.03 Å². The molecule has 1 aromatic heterocycles. The standard InChI is InChI=1S/C22H23N5OS/c1-3-15-5-4-6-16(13-15)25-22(28)26(2)17-7-9-18(10-8-17)27-14-24-21-19(20(27)23)11-12-29-21/h4-13,23-24H,3,14H2,1-2H3,(H,25,28). The summed E-state index contributed by atoms with van der Waals surface area (Å²) in [6.07, 6.45) is 0.925. The summed E-state index contributed by atoms with van der Waals surface area (Å²) in [7, 11) is 1.75. The van der Waals surface area contributed by atoms with Crippen LogP contribution in [0.4, 0.5) is 26.9 Å². The number of carbonyl (C=O) groups is 1. The fraction of sp³-hybridized carbons (Fsp3) is 0.182. The molecule has 7 heteroatoms. The summed E-state index contributed by atoms with van der Waals surface area (Å²) >= 11 is 1.61. The van der Waals surface area contributed by atoms with Crippen molar-refractivity contribution < 1.29 is 4.79 Å². The lowest BCUT2D eigenvalue weighted by Crippen LogP contribution is -2.39. The summed E-state index contributed by atoms with van der Waals surface area (Å²) in [5, 5.41) is 17.8. The van der Waals surface area contributed by atoms with Crippen molar-refractivity contribution in [2.24, 2.45) is 0 Å². The van der Waals surface area contributed by atoms with E-state index in [2.05, 4.69) is 17.6 Å². The highest BCUT2D eigenvalue weighted by atomic mass is 32.1. The molecule has 0 atom stereocenters. The number of thiophene rings is 1. The summed E-state index contributed by atoms with van der Waals surface area (Å²) in [4.78, 5) is 16.1. The van der Waals surface area contributed by atoms with Gasteiger partial charge in [-0.05, 0) is 59.8 Å². The molecule has 0 saturated heterocycles. The number of fused-ring (bicyclic) bond motifs is 1. The van der Waals surface area contributed by atoms with Crippen LogP contribution in [0.5, 0.6) is 0 Å². The maximum Gasteiger partial charge on any atom is 0.326 e. The van der Waals surface area contributed by atoms with Crippen LogP contribution in [-0.2, 0) is 6.42 Å². The van der Waals surface area contributed by atoms with Gasteiger partial charge in [0, 0.05) is 24.1 Å². The zero-order chi connectivity index (χ0) is 20.4. The van der Waals surface area contributed by atoms with Crippen molar-refractivity contribution in [3.05, 3.63) is 71.1 Å². The first-order valence-corrected chi connectivity index (χ1v) is 10.4. The van der Waals surface area contributed by atoms with Crippen LogP contribution in [0.3, 0.4) is 0 Å². The van der Waals surface area contributed by atoms with E-state index in [1.807, 2.05) is 64.9 Å². The predicted molar refractivity (Wildman–Crippen MR) is 122 cm³/mol. The molecule has 2 aromatic carbocycles. The first-order chi connectivity index (χ1) is 14.1. The second-order valence-electron chi connectivity index (χ2n) is 6.83. The highest BCUT2D eigenvalue weighted by Crippen LogP contribution is 2.31. The molecule has 0 radical (unpaired) electrons. The molecular weight excluding hydrogens is 382 g/mol. The molecule has 0 unspecified atom stereocenters. The monoisotopic (exact) mass is 405 g/mol. The Labute approximate surface area is 174 Å². The summed E-state index contributed by atoms with van der Waals surface area (Å²) < 4.78 is 0. The Morgan fingerprint density at radius 2 is 2.03 bits per heavy atom. The van der Waals surface area contributed by atoms with Gasteiger partial charge in [0.25, 0.3) is 0 Å². The number of amides is 2. The molecule has 0 spiro atoms. The fourth-order valence-electron chi connectivity index (χ4n) is 3.28. The van der Waals surface area contributed by atoms with Crippen LogP contribution in [0.15, 0.2) is 60.0 Å². The molecule has 3 N–H and O–H groups in total. The molecule has 0 bridgehead atoms. The van der Waals surface area contributed by atoms with Crippen molar-refractivity contribution in [2.75, 3.05) is 34.1 Å². The van der Waals surface area contributed by atoms with E-state index in [-0.39, 0.29) is 6.03 Å². The van der Waals surface area contributed by atoms with Crippen molar-refractivity contribution in [1.82, 2.24) is 0 Å². The SMILES string of the molecule is CCc1cccc(NC(=O)N(C)c2ccc(N3CNc4sccc4C3=N)cc2)c1. The molecule has 6 nitrogen and oxygen atoms in total. The molecule has 3 aromatic rings. The Hall–Kier alpha value is -3.32. The van der Waals surface area contributed by atoms with Gasteiger partial charge in [-0.3, -0.25) is 10.3 Å². The molecule has 29 heavy (non-hydrogen) atoms. The molecule has 148 valence electrons. The quantitative estimate of drug-likeness (QED) is 0.559. The molecule has 1 aliphatic rings. The molecule has 2 heterocycles. The Bertz CT molecular complexity index is 1040. The number of rotatable bonds is 4. The average molecular weight is 406 g/mol. The third kappa shape index (κ3) is 3.82. The lowest BCUT2D eigenvalue weighted by atomic mass is 10.1. The van der Waals surface area contributed by atoms with Crippen LogP contribution < -0.4 is 20.4 Å². The van der Waals surface area contributed by atoms with E-state index in [1.165, 1.54) is 5.56 Å². The maximum absolute atomic E-state index is 12.6. The second kappa shape index (κ2) is 7.97. The van der Waals surface area contributed by atoms with Gasteiger partial charge in [-0.1, -0.05) is 19.1 Å². The Morgan fingerprint density at radius 1 is 1.24 bits per heavy atom.